The number of fused-ring (bicyclic) bond motifs is 18. The summed E-state index contributed by atoms with van der Waals surface area (Å²) in [5.74, 6) is 7.55. The summed E-state index contributed by atoms with van der Waals surface area (Å²) in [7, 11) is -11.2. The normalized spacial score (nSPS) is 12.8. The molecule has 0 aliphatic rings. The minimum Gasteiger partial charge on any atom is -0.375 e. The van der Waals surface area contributed by atoms with Crippen LogP contribution in [0.2, 0.25) is 49.9 Å². The van der Waals surface area contributed by atoms with Crippen LogP contribution in [-0.4, -0.2) is 38.1 Å². The third-order valence-electron chi connectivity index (χ3n) is 20.8. The van der Waals surface area contributed by atoms with Gasteiger partial charge in [-0.25, -0.2) is 0 Å². The topological polar surface area (TPSA) is 43.4 Å². The molecule has 0 saturated carbocycles. The van der Waals surface area contributed by atoms with Crippen LogP contribution in [0.1, 0.15) is 149 Å². The van der Waals surface area contributed by atoms with Gasteiger partial charge in [0.1, 0.15) is 24.2 Å². The van der Waals surface area contributed by atoms with E-state index in [2.05, 4.69) is 212 Å². The van der Waals surface area contributed by atoms with Gasteiger partial charge in [-0.1, -0.05) is 174 Å². The van der Waals surface area contributed by atoms with E-state index in [-0.39, 0.29) is 13.2 Å². The average Bonchev–Trinajstić information content (AvgIpc) is 1.13. The Morgan fingerprint density at radius 2 is 0.681 bits per heavy atom. The summed E-state index contributed by atoms with van der Waals surface area (Å²) in [4.78, 5) is 0. The quantitative estimate of drug-likeness (QED) is 0.0426. The van der Waals surface area contributed by atoms with Gasteiger partial charge in [-0.3, -0.25) is 0 Å². The van der Waals surface area contributed by atoms with E-state index in [1.807, 2.05) is 76.8 Å². The zero-order valence-electron chi connectivity index (χ0n) is 57.2. The molecule has 0 saturated heterocycles. The van der Waals surface area contributed by atoms with Crippen molar-refractivity contribution in [3.8, 4) is 40.6 Å². The molecule has 12 rings (SSSR count). The highest BCUT2D eigenvalue weighted by Gasteiger charge is 2.49. The Hall–Kier alpha value is -5.97. The predicted octanol–water partition coefficient (Wildman–Crippen LogP) is 27.3. The third kappa shape index (κ3) is 12.3. The Bertz CT molecular complexity index is 4930. The number of hydrogen-bond acceptors (Lipinski definition) is 7. The minimum absolute atomic E-state index is 0. The number of hydrogen-bond donors (Lipinski definition) is 0. The van der Waals surface area contributed by atoms with E-state index in [1.165, 1.54) is 81.0 Å². The molecule has 4 aromatic heterocycles. The van der Waals surface area contributed by atoms with Gasteiger partial charge < -0.3 is 4.18 Å². The molecule has 0 N–H and O–H groups in total. The van der Waals surface area contributed by atoms with Gasteiger partial charge in [0.05, 0.1) is 0 Å². The van der Waals surface area contributed by atoms with Crippen LogP contribution >= 0.6 is 45.3 Å². The first-order valence-electron chi connectivity index (χ1n) is 32.7. The Kier molecular flexibility index (Phi) is 21.2. The Morgan fingerprint density at radius 1 is 0.394 bits per heavy atom. The number of benzene rings is 8. The Balaban J connectivity index is 0.000000195. The summed E-state index contributed by atoms with van der Waals surface area (Å²) >= 11 is 6.68. The molecule has 0 atom stereocenters. The first-order chi connectivity index (χ1) is 43.8. The van der Waals surface area contributed by atoms with Crippen molar-refractivity contribution in [3.05, 3.63) is 135 Å². The second kappa shape index (κ2) is 27.5. The van der Waals surface area contributed by atoms with Gasteiger partial charge in [0.25, 0.3) is 0 Å². The molecular weight excluding hydrogens is 1310 g/mol. The van der Waals surface area contributed by atoms with E-state index >= 15 is 0 Å². The molecule has 0 radical (unpaired) electrons. The van der Waals surface area contributed by atoms with Crippen LogP contribution in [-0.2, 0) is 10.1 Å². The molecule has 4 heterocycles. The first kappa shape index (κ1) is 72.3. The van der Waals surface area contributed by atoms with Crippen LogP contribution < -0.4 is 4.18 Å². The maximum atomic E-state index is 13.2. The predicted molar refractivity (Wildman–Crippen MR) is 422 cm³/mol. The summed E-state index contributed by atoms with van der Waals surface area (Å²) in [6.45, 7) is 44.6. The number of halogens is 3. The Labute approximate surface area is 576 Å². The van der Waals surface area contributed by atoms with Crippen LogP contribution in [0, 0.1) is 41.8 Å². The zero-order valence-corrected chi connectivity index (χ0v) is 64.3. The molecule has 0 bridgehead atoms. The van der Waals surface area contributed by atoms with Gasteiger partial charge in [-0.15, -0.1) is 68.4 Å². The smallest absolute Gasteiger partial charge is 0.375 e. The fourth-order valence-corrected chi connectivity index (χ4v) is 35.7. The first-order valence-corrected chi connectivity index (χ1v) is 44.3. The monoisotopic (exact) mass is 1400 g/mol. The highest BCUT2D eigenvalue weighted by Crippen LogP contribution is 2.49. The molecule has 3 nitrogen and oxygen atoms in total. The summed E-state index contributed by atoms with van der Waals surface area (Å²) in [5.41, 5.74) is 14.8. The maximum Gasteiger partial charge on any atom is 0.534 e. The molecule has 492 valence electrons. The molecule has 14 heteroatoms. The molecule has 8 aromatic carbocycles. The zero-order chi connectivity index (χ0) is 67.8. The lowest BCUT2D eigenvalue weighted by atomic mass is 9.89. The highest BCUT2D eigenvalue weighted by atomic mass is 32.2. The van der Waals surface area contributed by atoms with Crippen LogP contribution in [0.15, 0.2) is 119 Å². The van der Waals surface area contributed by atoms with E-state index in [0.717, 1.165) is 36.5 Å². The van der Waals surface area contributed by atoms with E-state index in [0.29, 0.717) is 71.4 Å². The minimum atomic E-state index is -5.84. The molecule has 0 amide bonds. The Morgan fingerprint density at radius 3 is 0.989 bits per heavy atom. The van der Waals surface area contributed by atoms with Crippen LogP contribution in [0.4, 0.5) is 13.2 Å². The van der Waals surface area contributed by atoms with Crippen molar-refractivity contribution in [1.29, 1.82) is 0 Å². The van der Waals surface area contributed by atoms with Gasteiger partial charge >= 0.3 is 15.6 Å². The molecule has 0 unspecified atom stereocenters. The third-order valence-corrected chi connectivity index (χ3v) is 44.1. The van der Waals surface area contributed by atoms with Crippen LogP contribution in [0.5, 0.6) is 5.75 Å². The van der Waals surface area contributed by atoms with Gasteiger partial charge in [-0.05, 0) is 199 Å². The molecule has 0 fully saturated rings. The fourth-order valence-electron chi connectivity index (χ4n) is 16.6. The van der Waals surface area contributed by atoms with Crippen LogP contribution in [0.25, 0.3) is 105 Å². The number of terminal acetylenes is 1. The van der Waals surface area contributed by atoms with Gasteiger partial charge in [0, 0.05) is 67.6 Å². The van der Waals surface area contributed by atoms with E-state index in [9.17, 15) is 21.6 Å². The van der Waals surface area contributed by atoms with Crippen molar-refractivity contribution in [2.75, 3.05) is 0 Å². The summed E-state index contributed by atoms with van der Waals surface area (Å²) in [5, 5.41) is 24.7. The molecule has 0 aliphatic carbocycles. The number of thiophene rings is 4. The largest absolute Gasteiger partial charge is 0.534 e. The summed E-state index contributed by atoms with van der Waals surface area (Å²) in [6, 6.07) is 33.7. The second-order valence-corrected chi connectivity index (χ2v) is 50.3. The number of rotatable bonds is 11. The maximum absolute atomic E-state index is 13.2. The molecular formula is C80H91F3O3S5Si3. The lowest BCUT2D eigenvalue weighted by Gasteiger charge is -2.38. The number of aryl methyl sites for hydroxylation is 1. The van der Waals surface area contributed by atoms with E-state index in [1.54, 1.807) is 17.4 Å². The van der Waals surface area contributed by atoms with Gasteiger partial charge in [0.2, 0.25) is 0 Å². The number of alkyl halides is 3. The lowest BCUT2D eigenvalue weighted by Crippen LogP contribution is -2.43. The van der Waals surface area contributed by atoms with Crippen molar-refractivity contribution in [2.24, 2.45) is 0 Å². The molecule has 12 aromatic rings. The summed E-state index contributed by atoms with van der Waals surface area (Å²) in [6.07, 6.45) is 5.72. The second-order valence-electron chi connectivity index (χ2n) is 28.2. The molecule has 94 heavy (non-hydrogen) atoms. The standard InChI is InChI=1S/C44H52S2Si2.C24H13F3O3S3.C11H22Si.CH4/c1-27(2)47(28(3)4,29(5)6)23-19-33-25-39-36-14-16-42-38(18-22-46-42)44(36)34(20-24-48(30(7)8,31(9)10)32(11)12)26-40(39)35-13-15-41-37(43(33)35)17-21-45-41;1-12-10-17-14-3-5-21-16(7-9-32-21)23(14)19(30-33(28,29)24(25,26)27)11-18(17)13-2-4-20-15(22(12)13)6-8-31-20;1-8-12(9(2)3,10(4)5)11(6)7;/h13-18,21-22,25-32H,1-12H3;2-11H,1H3;1,9-11H,2-7H3;1H4. The van der Waals surface area contributed by atoms with Crippen LogP contribution in [0.3, 0.4) is 0 Å². The fraction of sp³-hybridized carbons (Fsp3) is 0.375. The van der Waals surface area contributed by atoms with Crippen molar-refractivity contribution in [1.82, 2.24) is 0 Å². The van der Waals surface area contributed by atoms with Crippen molar-refractivity contribution in [3.63, 3.8) is 0 Å². The van der Waals surface area contributed by atoms with Crippen molar-refractivity contribution >= 4 is 185 Å². The molecule has 0 aliphatic heterocycles. The van der Waals surface area contributed by atoms with E-state index in [4.69, 9.17) is 10.6 Å². The SMILES string of the molecule is C.C#C[Si](C(C)C)(C(C)C)C(C)C.CC(C)[Si](C#Cc1cc2c(cc(C#C[Si](C(C)C)(C(C)C)C(C)C)c3c4ccsc4ccc23)c2ccc3sccc3c12)(C(C)C)C(C)C.Cc1cc2c(cc(OS(=O)(=O)C(F)(F)F)c3c4ccsc4ccc23)c2ccc3sccc3c12. The molecule has 0 spiro atoms. The summed E-state index contributed by atoms with van der Waals surface area (Å²) < 4.78 is 73.0. The van der Waals surface area contributed by atoms with Crippen molar-refractivity contribution < 1.29 is 25.8 Å². The highest BCUT2D eigenvalue weighted by molar-refractivity contribution is 7.88. The van der Waals surface area contributed by atoms with Gasteiger partial charge in [-0.2, -0.15) is 21.6 Å². The average molecular weight is 1400 g/mol. The van der Waals surface area contributed by atoms with Gasteiger partial charge in [0.15, 0.2) is 5.75 Å². The lowest BCUT2D eigenvalue weighted by molar-refractivity contribution is -0.0499. The van der Waals surface area contributed by atoms with E-state index < -0.39 is 39.8 Å². The van der Waals surface area contributed by atoms with Crippen molar-refractivity contribution in [2.45, 2.75) is 194 Å².